The monoisotopic (exact) mass is 332 g/mol. The summed E-state index contributed by atoms with van der Waals surface area (Å²) in [5.41, 5.74) is -0.438. The van der Waals surface area contributed by atoms with Gasteiger partial charge in [-0.2, -0.15) is 0 Å². The highest BCUT2D eigenvalue weighted by Crippen LogP contribution is 2.17. The lowest BCUT2D eigenvalue weighted by molar-refractivity contribution is -0.143. The molecule has 24 heavy (non-hydrogen) atoms. The van der Waals surface area contributed by atoms with Gasteiger partial charge in [0.05, 0.1) is 0 Å². The Balaban J connectivity index is 1.71. The standard InChI is InChI=1S/C17H20N2O5/c1-17(2)15(22)19(16(23)18-17)10-6-9-14(21)24-11-13(20)12-7-4-3-5-8-12/h3-5,7-8H,6,9-11H2,1-2H3,(H,18,23). The Labute approximate surface area is 140 Å². The molecule has 1 N–H and O–H groups in total. The van der Waals surface area contributed by atoms with Crippen LogP contribution >= 0.6 is 0 Å². The van der Waals surface area contributed by atoms with Gasteiger partial charge in [-0.05, 0) is 20.3 Å². The van der Waals surface area contributed by atoms with Crippen molar-refractivity contribution in [3.63, 3.8) is 0 Å². The Hall–Kier alpha value is -2.70. The molecule has 7 nitrogen and oxygen atoms in total. The molecule has 1 heterocycles. The number of carbonyl (C=O) groups is 4. The van der Waals surface area contributed by atoms with E-state index in [1.54, 1.807) is 44.2 Å². The zero-order chi connectivity index (χ0) is 17.7. The molecule has 128 valence electrons. The molecule has 0 aromatic heterocycles. The first kappa shape index (κ1) is 17.7. The molecular formula is C17H20N2O5. The molecule has 0 radical (unpaired) electrons. The molecule has 7 heteroatoms. The smallest absolute Gasteiger partial charge is 0.325 e. The molecule has 1 aliphatic rings. The van der Waals surface area contributed by atoms with Crippen molar-refractivity contribution in [1.82, 2.24) is 10.2 Å². The summed E-state index contributed by atoms with van der Waals surface area (Å²) in [6, 6.07) is 8.09. The van der Waals surface area contributed by atoms with Gasteiger partial charge in [-0.15, -0.1) is 0 Å². The predicted molar refractivity (Wildman–Crippen MR) is 85.3 cm³/mol. The van der Waals surface area contributed by atoms with E-state index in [1.807, 2.05) is 0 Å². The number of esters is 1. The molecule has 0 aliphatic carbocycles. The number of carbonyl (C=O) groups excluding carboxylic acids is 4. The fourth-order valence-corrected chi connectivity index (χ4v) is 2.33. The molecule has 1 fully saturated rings. The second-order valence-electron chi connectivity index (χ2n) is 6.07. The molecule has 0 bridgehead atoms. The van der Waals surface area contributed by atoms with Crippen LogP contribution in [0.25, 0.3) is 0 Å². The maximum absolute atomic E-state index is 12.0. The van der Waals surface area contributed by atoms with Crippen LogP contribution < -0.4 is 5.32 Å². The van der Waals surface area contributed by atoms with Gasteiger partial charge in [-0.3, -0.25) is 19.3 Å². The van der Waals surface area contributed by atoms with E-state index in [1.165, 1.54) is 0 Å². The van der Waals surface area contributed by atoms with E-state index in [4.69, 9.17) is 4.74 Å². The number of Topliss-reactive ketones (excluding diaryl/α,β-unsaturated/α-hetero) is 1. The van der Waals surface area contributed by atoms with Gasteiger partial charge in [0, 0.05) is 18.5 Å². The van der Waals surface area contributed by atoms with Crippen LogP contribution in [0.1, 0.15) is 37.0 Å². The molecule has 0 atom stereocenters. The third kappa shape index (κ3) is 4.18. The van der Waals surface area contributed by atoms with E-state index in [2.05, 4.69) is 5.32 Å². The van der Waals surface area contributed by atoms with Crippen molar-refractivity contribution < 1.29 is 23.9 Å². The molecule has 0 spiro atoms. The van der Waals surface area contributed by atoms with Gasteiger partial charge < -0.3 is 10.1 Å². The molecule has 1 aliphatic heterocycles. The minimum atomic E-state index is -0.917. The quantitative estimate of drug-likeness (QED) is 0.464. The van der Waals surface area contributed by atoms with Gasteiger partial charge in [0.1, 0.15) is 5.54 Å². The second-order valence-corrected chi connectivity index (χ2v) is 6.07. The molecule has 1 saturated heterocycles. The van der Waals surface area contributed by atoms with E-state index >= 15 is 0 Å². The molecule has 2 rings (SSSR count). The number of nitrogens with zero attached hydrogens (tertiary/aromatic N) is 1. The Morgan fingerprint density at radius 1 is 1.17 bits per heavy atom. The summed E-state index contributed by atoms with van der Waals surface area (Å²) in [5, 5.41) is 2.57. The van der Waals surface area contributed by atoms with Crippen molar-refractivity contribution in [2.45, 2.75) is 32.2 Å². The number of rotatable bonds is 7. The largest absolute Gasteiger partial charge is 0.457 e. The summed E-state index contributed by atoms with van der Waals surface area (Å²) in [5.74, 6) is -1.13. The van der Waals surface area contributed by atoms with Crippen LogP contribution in [0.15, 0.2) is 30.3 Å². The molecule has 3 amide bonds. The molecular weight excluding hydrogens is 312 g/mol. The fraction of sp³-hybridized carbons (Fsp3) is 0.412. The van der Waals surface area contributed by atoms with Crippen LogP contribution in [0.3, 0.4) is 0 Å². The third-order valence-electron chi connectivity index (χ3n) is 3.67. The fourth-order valence-electron chi connectivity index (χ4n) is 2.33. The summed E-state index contributed by atoms with van der Waals surface area (Å²) in [4.78, 5) is 48.2. The molecule has 1 aromatic rings. The highest BCUT2D eigenvalue weighted by atomic mass is 16.5. The topological polar surface area (TPSA) is 92.8 Å². The van der Waals surface area contributed by atoms with E-state index in [0.29, 0.717) is 5.56 Å². The SMILES string of the molecule is CC1(C)NC(=O)N(CCCC(=O)OCC(=O)c2ccccc2)C1=O. The number of ether oxygens (including phenoxy) is 1. The number of benzene rings is 1. The number of amides is 3. The summed E-state index contributed by atoms with van der Waals surface area (Å²) >= 11 is 0. The number of ketones is 1. The van der Waals surface area contributed by atoms with Crippen molar-refractivity contribution >= 4 is 23.7 Å². The Kier molecular flexibility index (Phi) is 5.33. The first-order valence-electron chi connectivity index (χ1n) is 7.69. The number of nitrogens with one attached hydrogen (secondary N) is 1. The number of hydrogen-bond acceptors (Lipinski definition) is 5. The lowest BCUT2D eigenvalue weighted by Crippen LogP contribution is -2.40. The lowest BCUT2D eigenvalue weighted by atomic mass is 10.1. The highest BCUT2D eigenvalue weighted by molar-refractivity contribution is 6.06. The first-order chi connectivity index (χ1) is 11.3. The Morgan fingerprint density at radius 3 is 2.42 bits per heavy atom. The first-order valence-corrected chi connectivity index (χ1v) is 7.69. The van der Waals surface area contributed by atoms with Gasteiger partial charge >= 0.3 is 12.0 Å². The average Bonchev–Trinajstić information content (AvgIpc) is 2.75. The normalized spacial score (nSPS) is 16.0. The number of imide groups is 1. The summed E-state index contributed by atoms with van der Waals surface area (Å²) < 4.78 is 4.93. The summed E-state index contributed by atoms with van der Waals surface area (Å²) in [7, 11) is 0. The Bertz CT molecular complexity index is 654. The van der Waals surface area contributed by atoms with Crippen LogP contribution in [-0.2, 0) is 14.3 Å². The maximum atomic E-state index is 12.0. The second kappa shape index (κ2) is 7.25. The minimum absolute atomic E-state index is 0.0273. The van der Waals surface area contributed by atoms with Gasteiger partial charge in [0.15, 0.2) is 12.4 Å². The van der Waals surface area contributed by atoms with Crippen molar-refractivity contribution in [3.8, 4) is 0 Å². The summed E-state index contributed by atoms with van der Waals surface area (Å²) in [6.07, 6.45) is 0.313. The molecule has 0 saturated carbocycles. The van der Waals surface area contributed by atoms with Crippen LogP contribution in [0.4, 0.5) is 4.79 Å². The van der Waals surface area contributed by atoms with E-state index in [9.17, 15) is 19.2 Å². The molecule has 1 aromatic carbocycles. The van der Waals surface area contributed by atoms with Gasteiger partial charge in [0.2, 0.25) is 0 Å². The number of urea groups is 1. The van der Waals surface area contributed by atoms with Crippen LogP contribution in [0.2, 0.25) is 0 Å². The predicted octanol–water partition coefficient (Wildman–Crippen LogP) is 1.52. The zero-order valence-electron chi connectivity index (χ0n) is 13.7. The van der Waals surface area contributed by atoms with Crippen molar-refractivity contribution in [1.29, 1.82) is 0 Å². The van der Waals surface area contributed by atoms with Gasteiger partial charge in [-0.25, -0.2) is 4.79 Å². The van der Waals surface area contributed by atoms with Crippen molar-refractivity contribution in [3.05, 3.63) is 35.9 Å². The van der Waals surface area contributed by atoms with Crippen LogP contribution in [0, 0.1) is 0 Å². The average molecular weight is 332 g/mol. The van der Waals surface area contributed by atoms with Crippen molar-refractivity contribution in [2.24, 2.45) is 0 Å². The minimum Gasteiger partial charge on any atom is -0.457 e. The zero-order valence-corrected chi connectivity index (χ0v) is 13.7. The van der Waals surface area contributed by atoms with E-state index in [-0.39, 0.29) is 37.7 Å². The number of hydrogen-bond donors (Lipinski definition) is 1. The maximum Gasteiger partial charge on any atom is 0.325 e. The van der Waals surface area contributed by atoms with Gasteiger partial charge in [-0.1, -0.05) is 30.3 Å². The Morgan fingerprint density at radius 2 is 1.83 bits per heavy atom. The van der Waals surface area contributed by atoms with Gasteiger partial charge in [0.25, 0.3) is 5.91 Å². The third-order valence-corrected chi connectivity index (χ3v) is 3.67. The lowest BCUT2D eigenvalue weighted by Gasteiger charge is -2.15. The van der Waals surface area contributed by atoms with Crippen molar-refractivity contribution in [2.75, 3.05) is 13.2 Å². The van der Waals surface area contributed by atoms with E-state index < -0.39 is 17.5 Å². The highest BCUT2D eigenvalue weighted by Gasteiger charge is 2.43. The van der Waals surface area contributed by atoms with E-state index in [0.717, 1.165) is 4.90 Å². The molecule has 0 unspecified atom stereocenters. The summed E-state index contributed by atoms with van der Waals surface area (Å²) in [6.45, 7) is 3.06. The van der Waals surface area contributed by atoms with Crippen LogP contribution in [0.5, 0.6) is 0 Å². The van der Waals surface area contributed by atoms with Crippen LogP contribution in [-0.4, -0.2) is 47.3 Å².